The molecular weight excluding hydrogens is 583 g/mol. The quantitative estimate of drug-likeness (QED) is 0.360. The minimum absolute atomic E-state index is 0.0504. The Hall–Kier alpha value is -3.35. The number of nitrogens with zero attached hydrogens (tertiary/aromatic N) is 3. The fraction of sp³-hybridized carbons (Fsp3) is 0.533. The van der Waals surface area contributed by atoms with Gasteiger partial charge in [0.05, 0.1) is 28.6 Å². The predicted octanol–water partition coefficient (Wildman–Crippen LogP) is 6.90. The second kappa shape index (κ2) is 10.4. The molecule has 1 heterocycles. The van der Waals surface area contributed by atoms with Gasteiger partial charge in [-0.15, -0.1) is 0 Å². The van der Waals surface area contributed by atoms with Crippen molar-refractivity contribution in [2.45, 2.75) is 57.5 Å². The largest absolute Gasteiger partial charge is 0.481 e. The summed E-state index contributed by atoms with van der Waals surface area (Å²) in [6, 6.07) is 3.16. The number of alkyl halides is 6. The van der Waals surface area contributed by atoms with Gasteiger partial charge in [0.1, 0.15) is 5.82 Å². The van der Waals surface area contributed by atoms with E-state index >= 15 is 0 Å². The maximum absolute atomic E-state index is 14.0. The lowest BCUT2D eigenvalue weighted by atomic mass is 9.35. The molecule has 2 atom stereocenters. The zero-order valence-electron chi connectivity index (χ0n) is 23.8. The summed E-state index contributed by atoms with van der Waals surface area (Å²) in [4.78, 5) is 30.2. The average Bonchev–Trinajstić information content (AvgIpc) is 2.87. The molecule has 2 bridgehead atoms. The smallest absolute Gasteiger partial charge is 0.416 e. The van der Waals surface area contributed by atoms with Crippen molar-refractivity contribution in [1.29, 1.82) is 0 Å². The lowest BCUT2D eigenvalue weighted by Gasteiger charge is -2.69. The van der Waals surface area contributed by atoms with Crippen molar-refractivity contribution in [1.82, 2.24) is 14.7 Å². The Balaban J connectivity index is 1.40. The Kier molecular flexibility index (Phi) is 7.50. The van der Waals surface area contributed by atoms with Crippen molar-refractivity contribution >= 4 is 12.0 Å². The van der Waals surface area contributed by atoms with Gasteiger partial charge >= 0.3 is 24.4 Å². The second-order valence-electron chi connectivity index (χ2n) is 12.5. The van der Waals surface area contributed by atoms with E-state index in [4.69, 9.17) is 0 Å². The summed E-state index contributed by atoms with van der Waals surface area (Å²) in [7, 11) is 1.33. The van der Waals surface area contributed by atoms with Crippen LogP contribution in [0.3, 0.4) is 0 Å². The molecule has 2 aromatic rings. The van der Waals surface area contributed by atoms with Crippen LogP contribution in [-0.2, 0) is 17.1 Å². The Labute approximate surface area is 244 Å². The SMILES string of the molecule is Cc1cc(F)ccc1[C@H]1CN(CC23CC(C(=O)O)(C2)C3)CCN1C(=O)N(C)C(C)c1cc(C(F)(F)F)cc(C(F)(F)F)c1. The Morgan fingerprint density at radius 1 is 1.00 bits per heavy atom. The topological polar surface area (TPSA) is 64.1 Å². The van der Waals surface area contributed by atoms with Crippen molar-refractivity contribution in [2.75, 3.05) is 33.2 Å². The number of amides is 2. The summed E-state index contributed by atoms with van der Waals surface area (Å²) < 4.78 is 94.9. The first-order valence-corrected chi connectivity index (χ1v) is 13.9. The highest BCUT2D eigenvalue weighted by molar-refractivity contribution is 5.79. The van der Waals surface area contributed by atoms with Crippen LogP contribution in [0.1, 0.15) is 66.1 Å². The van der Waals surface area contributed by atoms with Gasteiger partial charge in [-0.25, -0.2) is 9.18 Å². The molecule has 2 amide bonds. The number of carbonyl (C=O) groups excluding carboxylic acids is 1. The van der Waals surface area contributed by atoms with E-state index in [0.717, 1.165) is 4.90 Å². The van der Waals surface area contributed by atoms with E-state index in [1.165, 1.54) is 31.0 Å². The van der Waals surface area contributed by atoms with Crippen LogP contribution < -0.4 is 0 Å². The van der Waals surface area contributed by atoms with Gasteiger partial charge in [0.2, 0.25) is 0 Å². The first-order chi connectivity index (χ1) is 19.8. The van der Waals surface area contributed by atoms with Gasteiger partial charge in [0, 0.05) is 33.2 Å². The second-order valence-corrected chi connectivity index (χ2v) is 12.5. The molecule has 43 heavy (non-hydrogen) atoms. The van der Waals surface area contributed by atoms with E-state index in [9.17, 15) is 45.4 Å². The number of aryl methyl sites for hydroxylation is 1. The third-order valence-corrected chi connectivity index (χ3v) is 9.43. The van der Waals surface area contributed by atoms with Crippen molar-refractivity contribution in [3.8, 4) is 0 Å². The molecule has 1 aliphatic heterocycles. The number of carbonyl (C=O) groups is 2. The third kappa shape index (κ3) is 5.67. The number of carboxylic acids is 1. The Morgan fingerprint density at radius 3 is 2.09 bits per heavy atom. The molecule has 3 saturated carbocycles. The first-order valence-electron chi connectivity index (χ1n) is 13.9. The number of urea groups is 1. The monoisotopic (exact) mass is 615 g/mol. The molecule has 234 valence electrons. The Bertz CT molecular complexity index is 1390. The summed E-state index contributed by atoms with van der Waals surface area (Å²) in [5.41, 5.74) is -2.73. The number of piperazine rings is 1. The van der Waals surface area contributed by atoms with Gasteiger partial charge in [0.15, 0.2) is 0 Å². The van der Waals surface area contributed by atoms with Gasteiger partial charge < -0.3 is 14.9 Å². The highest BCUT2D eigenvalue weighted by Gasteiger charge is 2.71. The summed E-state index contributed by atoms with van der Waals surface area (Å²) in [6.45, 7) is 4.69. The number of aliphatic carboxylic acids is 1. The number of carboxylic acid groups (broad SMARTS) is 1. The molecule has 0 aromatic heterocycles. The standard InChI is InChI=1S/C30H32F7N3O3/c1-17-8-22(31)4-5-23(17)24-12-39(16-27-13-28(14-27,15-27)25(41)42)6-7-40(24)26(43)38(3)18(2)19-9-20(29(32,33)34)11-21(10-19)30(35,36)37/h4-5,8-11,18,24H,6-7,12-16H2,1-3H3,(H,41,42)/t18?,24-,27?,28?/m1/s1. The summed E-state index contributed by atoms with van der Waals surface area (Å²) in [5.74, 6) is -1.25. The molecule has 2 aromatic carbocycles. The maximum atomic E-state index is 14.0. The number of hydrogen-bond donors (Lipinski definition) is 1. The first kappa shape index (κ1) is 31.1. The van der Waals surface area contributed by atoms with Crippen LogP contribution in [0, 0.1) is 23.6 Å². The Morgan fingerprint density at radius 2 is 1.58 bits per heavy atom. The molecule has 13 heteroatoms. The third-order valence-electron chi connectivity index (χ3n) is 9.43. The molecule has 0 radical (unpaired) electrons. The zero-order valence-corrected chi connectivity index (χ0v) is 23.8. The highest BCUT2D eigenvalue weighted by Crippen LogP contribution is 2.73. The van der Waals surface area contributed by atoms with Gasteiger partial charge in [0.25, 0.3) is 0 Å². The van der Waals surface area contributed by atoms with E-state index in [0.29, 0.717) is 62.2 Å². The maximum Gasteiger partial charge on any atom is 0.416 e. The molecule has 4 fully saturated rings. The van der Waals surface area contributed by atoms with Gasteiger partial charge in [-0.2, -0.15) is 26.3 Å². The number of rotatable bonds is 6. The van der Waals surface area contributed by atoms with Crippen LogP contribution >= 0.6 is 0 Å². The number of hydrogen-bond acceptors (Lipinski definition) is 3. The van der Waals surface area contributed by atoms with Crippen LogP contribution in [0.25, 0.3) is 0 Å². The highest BCUT2D eigenvalue weighted by atomic mass is 19.4. The van der Waals surface area contributed by atoms with Gasteiger partial charge in [-0.3, -0.25) is 9.69 Å². The minimum atomic E-state index is -5.02. The van der Waals surface area contributed by atoms with Crippen LogP contribution in [0.5, 0.6) is 0 Å². The van der Waals surface area contributed by atoms with Crippen LogP contribution in [0.4, 0.5) is 35.5 Å². The van der Waals surface area contributed by atoms with E-state index < -0.39 is 58.8 Å². The lowest BCUT2D eigenvalue weighted by molar-refractivity contribution is -0.229. The van der Waals surface area contributed by atoms with Crippen molar-refractivity contribution in [3.05, 3.63) is 70.0 Å². The van der Waals surface area contributed by atoms with E-state index in [1.807, 2.05) is 0 Å². The van der Waals surface area contributed by atoms with Crippen LogP contribution in [0.2, 0.25) is 0 Å². The van der Waals surface area contributed by atoms with Crippen molar-refractivity contribution in [2.24, 2.45) is 10.8 Å². The molecule has 3 aliphatic carbocycles. The van der Waals surface area contributed by atoms with Gasteiger partial charge in [-0.05, 0) is 85.5 Å². The van der Waals surface area contributed by atoms with E-state index in [1.54, 1.807) is 13.0 Å². The van der Waals surface area contributed by atoms with Crippen molar-refractivity contribution in [3.63, 3.8) is 0 Å². The zero-order chi connectivity index (χ0) is 31.7. The molecule has 6 rings (SSSR count). The fourth-order valence-corrected chi connectivity index (χ4v) is 7.17. The van der Waals surface area contributed by atoms with Crippen molar-refractivity contribution < 1.29 is 45.4 Å². The van der Waals surface area contributed by atoms with Crippen LogP contribution in [0.15, 0.2) is 36.4 Å². The number of benzene rings is 2. The lowest BCUT2D eigenvalue weighted by Crippen LogP contribution is -2.69. The molecular formula is C30H32F7N3O3. The molecule has 1 N–H and O–H groups in total. The summed E-state index contributed by atoms with van der Waals surface area (Å²) >= 11 is 0. The summed E-state index contributed by atoms with van der Waals surface area (Å²) in [5, 5.41) is 9.47. The molecule has 0 spiro atoms. The van der Waals surface area contributed by atoms with Gasteiger partial charge in [-0.1, -0.05) is 6.07 Å². The molecule has 4 aliphatic rings. The minimum Gasteiger partial charge on any atom is -0.481 e. The molecule has 1 saturated heterocycles. The fourth-order valence-electron chi connectivity index (χ4n) is 7.17. The normalized spacial score (nSPS) is 26.4. The van der Waals surface area contributed by atoms with E-state index in [2.05, 4.69) is 4.90 Å². The average molecular weight is 616 g/mol. The van der Waals surface area contributed by atoms with E-state index in [-0.39, 0.29) is 23.6 Å². The summed E-state index contributed by atoms with van der Waals surface area (Å²) in [6.07, 6.45) is -8.28. The predicted molar refractivity (Wildman–Crippen MR) is 141 cm³/mol. The molecule has 6 nitrogen and oxygen atoms in total. The van der Waals surface area contributed by atoms with Crippen LogP contribution in [-0.4, -0.2) is 65.0 Å². The molecule has 1 unspecified atom stereocenters. The number of halogens is 7.